The summed E-state index contributed by atoms with van der Waals surface area (Å²) in [5.74, 6) is 0. The fourth-order valence-corrected chi connectivity index (χ4v) is 2.24. The zero-order chi connectivity index (χ0) is 11.6. The molecule has 0 aliphatic carbocycles. The van der Waals surface area contributed by atoms with Gasteiger partial charge < -0.3 is 9.84 Å². The lowest BCUT2D eigenvalue weighted by molar-refractivity contribution is 0.0782. The van der Waals surface area contributed by atoms with Gasteiger partial charge in [-0.3, -0.25) is 0 Å². The van der Waals surface area contributed by atoms with Crippen LogP contribution in [0, 0.1) is 0 Å². The Morgan fingerprint density at radius 1 is 1.31 bits per heavy atom. The van der Waals surface area contributed by atoms with Crippen LogP contribution in [-0.2, 0) is 4.74 Å². The molecule has 0 aromatic carbocycles. The van der Waals surface area contributed by atoms with E-state index in [-0.39, 0.29) is 6.10 Å². The molecule has 94 valence electrons. The number of ether oxygens (including phenoxy) is 1. The number of hydrogen-bond acceptors (Lipinski definition) is 2. The van der Waals surface area contributed by atoms with E-state index in [2.05, 4.69) is 6.58 Å². The standard InChI is InChI=1S/C14H26O2/c1-2-3-4-5-6-8-13(15)10-11-14-9-7-12-16-14/h2,13-15H,1,3-12H2. The van der Waals surface area contributed by atoms with E-state index in [0.29, 0.717) is 6.10 Å². The van der Waals surface area contributed by atoms with Gasteiger partial charge in [-0.15, -0.1) is 6.58 Å². The number of allylic oxidation sites excluding steroid dienone is 1. The molecule has 2 heteroatoms. The highest BCUT2D eigenvalue weighted by atomic mass is 16.5. The summed E-state index contributed by atoms with van der Waals surface area (Å²) < 4.78 is 5.54. The maximum atomic E-state index is 9.79. The van der Waals surface area contributed by atoms with E-state index in [0.717, 1.165) is 38.7 Å². The molecule has 1 N–H and O–H groups in total. The molecule has 2 atom stereocenters. The van der Waals surface area contributed by atoms with Crippen molar-refractivity contribution in [3.05, 3.63) is 12.7 Å². The minimum atomic E-state index is -0.118. The van der Waals surface area contributed by atoms with Crippen molar-refractivity contribution in [2.24, 2.45) is 0 Å². The van der Waals surface area contributed by atoms with E-state index in [4.69, 9.17) is 4.74 Å². The molecule has 0 radical (unpaired) electrons. The molecule has 1 aliphatic heterocycles. The number of unbranched alkanes of at least 4 members (excludes halogenated alkanes) is 3. The van der Waals surface area contributed by atoms with Crippen LogP contribution in [0.3, 0.4) is 0 Å². The van der Waals surface area contributed by atoms with Crippen molar-refractivity contribution in [2.45, 2.75) is 70.0 Å². The van der Waals surface area contributed by atoms with E-state index in [1.54, 1.807) is 0 Å². The fraction of sp³-hybridized carbons (Fsp3) is 0.857. The largest absolute Gasteiger partial charge is 0.393 e. The van der Waals surface area contributed by atoms with Crippen molar-refractivity contribution >= 4 is 0 Å². The van der Waals surface area contributed by atoms with Gasteiger partial charge in [0.2, 0.25) is 0 Å². The summed E-state index contributed by atoms with van der Waals surface area (Å²) in [5, 5.41) is 9.79. The summed E-state index contributed by atoms with van der Waals surface area (Å²) in [4.78, 5) is 0. The molecule has 1 saturated heterocycles. The summed E-state index contributed by atoms with van der Waals surface area (Å²) >= 11 is 0. The van der Waals surface area contributed by atoms with Crippen molar-refractivity contribution in [3.8, 4) is 0 Å². The van der Waals surface area contributed by atoms with Crippen LogP contribution in [0.2, 0.25) is 0 Å². The van der Waals surface area contributed by atoms with Gasteiger partial charge in [-0.25, -0.2) is 0 Å². The monoisotopic (exact) mass is 226 g/mol. The van der Waals surface area contributed by atoms with Gasteiger partial charge in [0.15, 0.2) is 0 Å². The Labute approximate surface area is 99.7 Å². The molecule has 0 bridgehead atoms. The number of rotatable bonds is 9. The van der Waals surface area contributed by atoms with Gasteiger partial charge in [-0.05, 0) is 44.9 Å². The van der Waals surface area contributed by atoms with Crippen molar-refractivity contribution in [3.63, 3.8) is 0 Å². The number of hydrogen-bond donors (Lipinski definition) is 1. The molecule has 0 amide bonds. The number of aliphatic hydroxyl groups is 1. The number of aliphatic hydroxyl groups excluding tert-OH is 1. The molecule has 1 rings (SSSR count). The van der Waals surface area contributed by atoms with Gasteiger partial charge in [0, 0.05) is 6.61 Å². The van der Waals surface area contributed by atoms with Gasteiger partial charge >= 0.3 is 0 Å². The SMILES string of the molecule is C=CCCCCCC(O)CCC1CCCO1. The van der Waals surface area contributed by atoms with Crippen LogP contribution in [-0.4, -0.2) is 23.9 Å². The zero-order valence-corrected chi connectivity index (χ0v) is 10.4. The summed E-state index contributed by atoms with van der Waals surface area (Å²) in [6.07, 6.45) is 12.2. The Kier molecular flexibility index (Phi) is 7.52. The first-order valence-electron chi connectivity index (χ1n) is 6.73. The molecule has 16 heavy (non-hydrogen) atoms. The second-order valence-electron chi connectivity index (χ2n) is 4.79. The van der Waals surface area contributed by atoms with Crippen molar-refractivity contribution in [1.82, 2.24) is 0 Å². The maximum absolute atomic E-state index is 9.79. The second kappa shape index (κ2) is 8.77. The Morgan fingerprint density at radius 2 is 2.19 bits per heavy atom. The lowest BCUT2D eigenvalue weighted by atomic mass is 10.0. The Morgan fingerprint density at radius 3 is 2.88 bits per heavy atom. The third-order valence-corrected chi connectivity index (χ3v) is 3.29. The average Bonchev–Trinajstić information content (AvgIpc) is 2.79. The van der Waals surface area contributed by atoms with Crippen molar-refractivity contribution < 1.29 is 9.84 Å². The molecule has 0 aromatic heterocycles. The molecule has 1 fully saturated rings. The highest BCUT2D eigenvalue weighted by Gasteiger charge is 2.16. The quantitative estimate of drug-likeness (QED) is 0.482. The first kappa shape index (κ1) is 13.7. The molecule has 2 unspecified atom stereocenters. The van der Waals surface area contributed by atoms with Crippen LogP contribution >= 0.6 is 0 Å². The third-order valence-electron chi connectivity index (χ3n) is 3.29. The smallest absolute Gasteiger partial charge is 0.0577 e. The van der Waals surface area contributed by atoms with Crippen LogP contribution in [0.4, 0.5) is 0 Å². The third kappa shape index (κ3) is 6.29. The van der Waals surface area contributed by atoms with Crippen molar-refractivity contribution in [1.29, 1.82) is 0 Å². The molecule has 2 nitrogen and oxygen atoms in total. The summed E-state index contributed by atoms with van der Waals surface area (Å²) in [6, 6.07) is 0. The molecular weight excluding hydrogens is 200 g/mol. The second-order valence-corrected chi connectivity index (χ2v) is 4.79. The highest BCUT2D eigenvalue weighted by molar-refractivity contribution is 4.68. The van der Waals surface area contributed by atoms with Crippen LogP contribution in [0.25, 0.3) is 0 Å². The molecule has 0 saturated carbocycles. The summed E-state index contributed by atoms with van der Waals surface area (Å²) in [5.41, 5.74) is 0. The lowest BCUT2D eigenvalue weighted by Crippen LogP contribution is -2.12. The van der Waals surface area contributed by atoms with Gasteiger partial charge in [-0.2, -0.15) is 0 Å². The van der Waals surface area contributed by atoms with Gasteiger partial charge in [-0.1, -0.05) is 18.9 Å². The van der Waals surface area contributed by atoms with E-state index in [1.165, 1.54) is 25.7 Å². The maximum Gasteiger partial charge on any atom is 0.0577 e. The predicted molar refractivity (Wildman–Crippen MR) is 67.5 cm³/mol. The molecule has 1 heterocycles. The topological polar surface area (TPSA) is 29.5 Å². The van der Waals surface area contributed by atoms with E-state index in [1.807, 2.05) is 6.08 Å². The first-order chi connectivity index (χ1) is 7.83. The van der Waals surface area contributed by atoms with E-state index < -0.39 is 0 Å². The van der Waals surface area contributed by atoms with Gasteiger partial charge in [0.25, 0.3) is 0 Å². The zero-order valence-electron chi connectivity index (χ0n) is 10.4. The fourth-order valence-electron chi connectivity index (χ4n) is 2.24. The summed E-state index contributed by atoms with van der Waals surface area (Å²) in [7, 11) is 0. The summed E-state index contributed by atoms with van der Waals surface area (Å²) in [6.45, 7) is 4.62. The molecule has 0 aromatic rings. The van der Waals surface area contributed by atoms with Crippen LogP contribution in [0.5, 0.6) is 0 Å². The average molecular weight is 226 g/mol. The van der Waals surface area contributed by atoms with Gasteiger partial charge in [0.05, 0.1) is 12.2 Å². The normalized spacial score (nSPS) is 22.2. The first-order valence-corrected chi connectivity index (χ1v) is 6.73. The van der Waals surface area contributed by atoms with Crippen LogP contribution < -0.4 is 0 Å². The van der Waals surface area contributed by atoms with E-state index >= 15 is 0 Å². The Balaban J connectivity index is 1.89. The Bertz CT molecular complexity index is 174. The van der Waals surface area contributed by atoms with Crippen molar-refractivity contribution in [2.75, 3.05) is 6.61 Å². The molecular formula is C14H26O2. The van der Waals surface area contributed by atoms with Gasteiger partial charge in [0.1, 0.15) is 0 Å². The molecule has 0 spiro atoms. The minimum absolute atomic E-state index is 0.118. The van der Waals surface area contributed by atoms with E-state index in [9.17, 15) is 5.11 Å². The highest BCUT2D eigenvalue weighted by Crippen LogP contribution is 2.19. The van der Waals surface area contributed by atoms with Crippen LogP contribution in [0.1, 0.15) is 57.8 Å². The lowest BCUT2D eigenvalue weighted by Gasteiger charge is -2.13. The minimum Gasteiger partial charge on any atom is -0.393 e. The molecule has 1 aliphatic rings. The Hall–Kier alpha value is -0.340. The predicted octanol–water partition coefficient (Wildman–Crippen LogP) is 3.44. The van der Waals surface area contributed by atoms with Crippen LogP contribution in [0.15, 0.2) is 12.7 Å².